The average Bonchev–Trinajstić information content (AvgIpc) is 2.30. The molecule has 0 aromatic rings. The first-order chi connectivity index (χ1) is 8.22. The Kier molecular flexibility index (Phi) is 7.16. The van der Waals surface area contributed by atoms with Gasteiger partial charge in [0, 0.05) is 19.7 Å². The van der Waals surface area contributed by atoms with E-state index in [1.807, 2.05) is 6.92 Å². The zero-order valence-corrected chi connectivity index (χ0v) is 10.8. The van der Waals surface area contributed by atoms with Gasteiger partial charge in [-0.05, 0) is 32.2 Å². The summed E-state index contributed by atoms with van der Waals surface area (Å²) in [5.74, 6) is 0.478. The summed E-state index contributed by atoms with van der Waals surface area (Å²) in [6, 6.07) is 0.0347. The number of carbonyl (C=O) groups is 1. The Hall–Kier alpha value is -0.650. The van der Waals surface area contributed by atoms with Gasteiger partial charge < -0.3 is 20.1 Å². The smallest absolute Gasteiger partial charge is 0.246 e. The molecule has 17 heavy (non-hydrogen) atoms. The van der Waals surface area contributed by atoms with E-state index < -0.39 is 0 Å². The molecule has 0 spiro atoms. The first kappa shape index (κ1) is 14.4. The predicted molar refractivity (Wildman–Crippen MR) is 65.9 cm³/mol. The average molecular weight is 244 g/mol. The molecule has 5 heteroatoms. The lowest BCUT2D eigenvalue weighted by molar-refractivity contribution is -0.127. The van der Waals surface area contributed by atoms with Crippen LogP contribution in [-0.4, -0.2) is 52.0 Å². The lowest BCUT2D eigenvalue weighted by Gasteiger charge is -2.22. The van der Waals surface area contributed by atoms with Crippen LogP contribution in [-0.2, 0) is 14.3 Å². The van der Waals surface area contributed by atoms with Crippen LogP contribution in [0.15, 0.2) is 0 Å². The molecule has 0 aliphatic carbocycles. The second kappa shape index (κ2) is 8.44. The van der Waals surface area contributed by atoms with Gasteiger partial charge in [0.25, 0.3) is 0 Å². The summed E-state index contributed by atoms with van der Waals surface area (Å²) in [5.41, 5.74) is 0. The molecule has 0 aromatic heterocycles. The standard InChI is InChI=1S/C12H24N2O3/c1-10(7-16-2)14-12(15)9-17-8-11-4-3-5-13-6-11/h10-11,13H,3-9H2,1-2H3,(H,14,15). The summed E-state index contributed by atoms with van der Waals surface area (Å²) >= 11 is 0. The van der Waals surface area contributed by atoms with Crippen molar-refractivity contribution in [1.29, 1.82) is 0 Å². The van der Waals surface area contributed by atoms with Crippen molar-refractivity contribution in [2.24, 2.45) is 5.92 Å². The lowest BCUT2D eigenvalue weighted by Crippen LogP contribution is -2.39. The number of amides is 1. The fourth-order valence-corrected chi connectivity index (χ4v) is 1.99. The van der Waals surface area contributed by atoms with Gasteiger partial charge in [-0.2, -0.15) is 0 Å². The van der Waals surface area contributed by atoms with E-state index in [1.165, 1.54) is 12.8 Å². The molecule has 1 saturated heterocycles. The first-order valence-corrected chi connectivity index (χ1v) is 6.29. The van der Waals surface area contributed by atoms with Crippen molar-refractivity contribution in [3.8, 4) is 0 Å². The van der Waals surface area contributed by atoms with E-state index >= 15 is 0 Å². The van der Waals surface area contributed by atoms with Crippen molar-refractivity contribution in [1.82, 2.24) is 10.6 Å². The number of nitrogens with one attached hydrogen (secondary N) is 2. The van der Waals surface area contributed by atoms with Crippen molar-refractivity contribution in [2.75, 3.05) is 40.0 Å². The van der Waals surface area contributed by atoms with Gasteiger partial charge in [0.15, 0.2) is 0 Å². The lowest BCUT2D eigenvalue weighted by atomic mass is 10.0. The molecule has 0 saturated carbocycles. The third kappa shape index (κ3) is 6.61. The Morgan fingerprint density at radius 2 is 2.41 bits per heavy atom. The molecule has 1 heterocycles. The van der Waals surface area contributed by atoms with Crippen LogP contribution in [0.1, 0.15) is 19.8 Å². The van der Waals surface area contributed by atoms with Crippen LogP contribution in [0.4, 0.5) is 0 Å². The van der Waals surface area contributed by atoms with Crippen LogP contribution in [0.3, 0.4) is 0 Å². The molecule has 2 unspecified atom stereocenters. The number of carbonyl (C=O) groups excluding carboxylic acids is 1. The molecule has 100 valence electrons. The Morgan fingerprint density at radius 3 is 3.06 bits per heavy atom. The van der Waals surface area contributed by atoms with Crippen LogP contribution in [0.5, 0.6) is 0 Å². The molecule has 2 N–H and O–H groups in total. The fraction of sp³-hybridized carbons (Fsp3) is 0.917. The quantitative estimate of drug-likeness (QED) is 0.669. The van der Waals surface area contributed by atoms with E-state index in [1.54, 1.807) is 7.11 Å². The van der Waals surface area contributed by atoms with Crippen molar-refractivity contribution >= 4 is 5.91 Å². The Morgan fingerprint density at radius 1 is 1.59 bits per heavy atom. The van der Waals surface area contributed by atoms with Gasteiger partial charge in [-0.15, -0.1) is 0 Å². The maximum atomic E-state index is 11.5. The highest BCUT2D eigenvalue weighted by molar-refractivity contribution is 5.77. The largest absolute Gasteiger partial charge is 0.383 e. The number of hydrogen-bond donors (Lipinski definition) is 2. The number of hydrogen-bond acceptors (Lipinski definition) is 4. The maximum Gasteiger partial charge on any atom is 0.246 e. The van der Waals surface area contributed by atoms with Gasteiger partial charge in [-0.3, -0.25) is 4.79 Å². The molecule has 0 bridgehead atoms. The van der Waals surface area contributed by atoms with Gasteiger partial charge in [-0.25, -0.2) is 0 Å². The summed E-state index contributed by atoms with van der Waals surface area (Å²) in [6.07, 6.45) is 2.39. The van der Waals surface area contributed by atoms with E-state index in [0.29, 0.717) is 19.1 Å². The Labute approximate surface area is 103 Å². The molecular weight excluding hydrogens is 220 g/mol. The number of ether oxygens (including phenoxy) is 2. The normalized spacial score (nSPS) is 22.1. The van der Waals surface area contributed by atoms with Crippen LogP contribution in [0.25, 0.3) is 0 Å². The zero-order valence-electron chi connectivity index (χ0n) is 10.8. The van der Waals surface area contributed by atoms with E-state index in [2.05, 4.69) is 10.6 Å². The highest BCUT2D eigenvalue weighted by Crippen LogP contribution is 2.09. The second-order valence-electron chi connectivity index (χ2n) is 4.65. The van der Waals surface area contributed by atoms with Crippen LogP contribution in [0, 0.1) is 5.92 Å². The van der Waals surface area contributed by atoms with Crippen LogP contribution >= 0.6 is 0 Å². The molecule has 0 radical (unpaired) electrons. The van der Waals surface area contributed by atoms with E-state index in [9.17, 15) is 4.79 Å². The third-order valence-electron chi connectivity index (χ3n) is 2.81. The van der Waals surface area contributed by atoms with Gasteiger partial charge in [0.05, 0.1) is 13.2 Å². The minimum atomic E-state index is -0.0710. The fourth-order valence-electron chi connectivity index (χ4n) is 1.99. The summed E-state index contributed by atoms with van der Waals surface area (Å²) in [4.78, 5) is 11.5. The topological polar surface area (TPSA) is 59.6 Å². The monoisotopic (exact) mass is 244 g/mol. The van der Waals surface area contributed by atoms with E-state index in [4.69, 9.17) is 9.47 Å². The Bertz CT molecular complexity index is 218. The minimum Gasteiger partial charge on any atom is -0.383 e. The molecule has 1 amide bonds. The van der Waals surface area contributed by atoms with Crippen molar-refractivity contribution in [3.05, 3.63) is 0 Å². The minimum absolute atomic E-state index is 0.0347. The Balaban J connectivity index is 2.03. The molecule has 5 nitrogen and oxygen atoms in total. The first-order valence-electron chi connectivity index (χ1n) is 6.29. The van der Waals surface area contributed by atoms with Gasteiger partial charge >= 0.3 is 0 Å². The zero-order chi connectivity index (χ0) is 12.5. The van der Waals surface area contributed by atoms with Crippen LogP contribution < -0.4 is 10.6 Å². The summed E-state index contributed by atoms with van der Waals surface area (Å²) < 4.78 is 10.4. The van der Waals surface area contributed by atoms with Gasteiger partial charge in [0.2, 0.25) is 5.91 Å². The third-order valence-corrected chi connectivity index (χ3v) is 2.81. The van der Waals surface area contributed by atoms with E-state index in [-0.39, 0.29) is 18.6 Å². The van der Waals surface area contributed by atoms with Crippen molar-refractivity contribution in [3.63, 3.8) is 0 Å². The molecule has 0 aromatic carbocycles. The molecule has 2 atom stereocenters. The second-order valence-corrected chi connectivity index (χ2v) is 4.65. The number of piperidine rings is 1. The number of rotatable bonds is 7. The predicted octanol–water partition coefficient (Wildman–Crippen LogP) is 0.154. The van der Waals surface area contributed by atoms with Gasteiger partial charge in [0.1, 0.15) is 6.61 Å². The van der Waals surface area contributed by atoms with Crippen LogP contribution in [0.2, 0.25) is 0 Å². The highest BCUT2D eigenvalue weighted by atomic mass is 16.5. The molecular formula is C12H24N2O3. The molecule has 1 aliphatic rings. The maximum absolute atomic E-state index is 11.5. The molecule has 1 rings (SSSR count). The number of methoxy groups -OCH3 is 1. The van der Waals surface area contributed by atoms with Gasteiger partial charge in [-0.1, -0.05) is 0 Å². The van der Waals surface area contributed by atoms with Crippen molar-refractivity contribution in [2.45, 2.75) is 25.8 Å². The summed E-state index contributed by atoms with van der Waals surface area (Å²) in [6.45, 7) is 5.35. The van der Waals surface area contributed by atoms with Crippen molar-refractivity contribution < 1.29 is 14.3 Å². The summed E-state index contributed by atoms with van der Waals surface area (Å²) in [5, 5.41) is 6.14. The highest BCUT2D eigenvalue weighted by Gasteiger charge is 2.14. The molecule has 1 fully saturated rings. The molecule has 1 aliphatic heterocycles. The summed E-state index contributed by atoms with van der Waals surface area (Å²) in [7, 11) is 1.62. The SMILES string of the molecule is COCC(C)NC(=O)COCC1CCCNC1. The van der Waals surface area contributed by atoms with E-state index in [0.717, 1.165) is 13.1 Å².